The molecule has 0 aliphatic carbocycles. The van der Waals surface area contributed by atoms with Crippen LogP contribution in [0, 0.1) is 0 Å². The molecule has 0 aliphatic rings. The second-order valence-electron chi connectivity index (χ2n) is 10.4. The van der Waals surface area contributed by atoms with E-state index in [1.165, 1.54) is 77.0 Å². The van der Waals surface area contributed by atoms with Gasteiger partial charge in [-0.05, 0) is 25.5 Å². The number of ether oxygens (including phenoxy) is 2. The molecule has 0 fully saturated rings. The van der Waals surface area contributed by atoms with Crippen LogP contribution in [-0.2, 0) is 25.1 Å². The van der Waals surface area contributed by atoms with Crippen molar-refractivity contribution in [2.75, 3.05) is 26.4 Å². The summed E-state index contributed by atoms with van der Waals surface area (Å²) in [7, 11) is -4.58. The zero-order chi connectivity index (χ0) is 28.7. The first-order valence-corrected chi connectivity index (χ1v) is 17.8. The zero-order valence-electron chi connectivity index (χ0n) is 24.8. The molecule has 228 valence electrons. The van der Waals surface area contributed by atoms with Gasteiger partial charge < -0.3 is 23.4 Å². The molecule has 2 atom stereocenters. The highest BCUT2D eigenvalue weighted by Crippen LogP contribution is 2.41. The number of para-hydroxylation sites is 1. The van der Waals surface area contributed by atoms with Crippen molar-refractivity contribution in [3.63, 3.8) is 0 Å². The minimum atomic E-state index is -4.58. The van der Waals surface area contributed by atoms with E-state index >= 15 is 0 Å². The first-order valence-electron chi connectivity index (χ1n) is 15.4. The number of hydrogen-bond acceptors (Lipinski definition) is 7. The molecular formula is C31H52NO6PS. The minimum Gasteiger partial charge on any atom is -0.746 e. The van der Waals surface area contributed by atoms with E-state index < -0.39 is 13.9 Å². The van der Waals surface area contributed by atoms with Crippen LogP contribution in [-0.4, -0.2) is 32.5 Å². The van der Waals surface area contributed by atoms with Gasteiger partial charge in [0.15, 0.2) is 12.7 Å². The predicted octanol–water partition coefficient (Wildman–Crippen LogP) is 7.85. The van der Waals surface area contributed by atoms with Crippen LogP contribution in [0.1, 0.15) is 109 Å². The molecule has 0 saturated heterocycles. The quantitative estimate of drug-likeness (QED) is 0.0624. The monoisotopic (exact) mass is 597 g/mol. The van der Waals surface area contributed by atoms with Gasteiger partial charge in [-0.15, -0.1) is 0 Å². The Morgan fingerprint density at radius 1 is 0.875 bits per heavy atom. The van der Waals surface area contributed by atoms with Crippen molar-refractivity contribution in [2.24, 2.45) is 0 Å². The van der Waals surface area contributed by atoms with E-state index in [1.807, 2.05) is 40.7 Å². The molecule has 1 heterocycles. The fourth-order valence-corrected chi connectivity index (χ4v) is 6.01. The lowest BCUT2D eigenvalue weighted by Crippen LogP contribution is -2.31. The number of rotatable bonds is 26. The number of benzene rings is 1. The highest BCUT2D eigenvalue weighted by molar-refractivity contribution is 7.46. The molecule has 0 radical (unpaired) electrons. The summed E-state index contributed by atoms with van der Waals surface area (Å²) < 4.78 is 36.4. The van der Waals surface area contributed by atoms with E-state index in [0.717, 1.165) is 18.4 Å². The second kappa shape index (κ2) is 22.3. The molecule has 0 N–H and O–H groups in total. The summed E-state index contributed by atoms with van der Waals surface area (Å²) in [5.41, 5.74) is 2.71. The fourth-order valence-electron chi connectivity index (χ4n) is 4.59. The third-order valence-corrected chi connectivity index (χ3v) is 8.39. The third kappa shape index (κ3) is 16.9. The van der Waals surface area contributed by atoms with Crippen LogP contribution in [0.5, 0.6) is 5.75 Å². The van der Waals surface area contributed by atoms with Gasteiger partial charge in [0.2, 0.25) is 5.51 Å². The first-order chi connectivity index (χ1) is 19.5. The van der Waals surface area contributed by atoms with Crippen LogP contribution in [0.3, 0.4) is 0 Å². The summed E-state index contributed by atoms with van der Waals surface area (Å²) in [6.07, 6.45) is 19.9. The Kier molecular flexibility index (Phi) is 19.5. The van der Waals surface area contributed by atoms with Crippen LogP contribution < -0.4 is 14.0 Å². The van der Waals surface area contributed by atoms with Crippen LogP contribution in [0.2, 0.25) is 0 Å². The molecule has 0 aliphatic heterocycles. The maximum absolute atomic E-state index is 12.6. The van der Waals surface area contributed by atoms with Gasteiger partial charge in [0.05, 0.1) is 24.2 Å². The number of phosphoric acid groups is 1. The summed E-state index contributed by atoms with van der Waals surface area (Å²) >= 11 is 1.57. The van der Waals surface area contributed by atoms with E-state index in [4.69, 9.17) is 18.5 Å². The summed E-state index contributed by atoms with van der Waals surface area (Å²) in [5.74, 6) is 0.265. The van der Waals surface area contributed by atoms with Crippen LogP contribution in [0.15, 0.2) is 41.4 Å². The molecule has 1 aromatic heterocycles. The molecule has 0 amide bonds. The highest BCUT2D eigenvalue weighted by Gasteiger charge is 2.19. The van der Waals surface area contributed by atoms with Crippen LogP contribution in [0.4, 0.5) is 0 Å². The molecule has 0 saturated carbocycles. The number of aromatic nitrogens is 1. The lowest BCUT2D eigenvalue weighted by atomic mass is 10.0. The Labute approximate surface area is 246 Å². The van der Waals surface area contributed by atoms with Gasteiger partial charge in [0.25, 0.3) is 0 Å². The maximum atomic E-state index is 12.6. The molecular weight excluding hydrogens is 545 g/mol. The molecule has 2 rings (SSSR count). The topological polar surface area (TPSA) is 80.9 Å². The van der Waals surface area contributed by atoms with Crippen molar-refractivity contribution < 1.29 is 32.5 Å². The Morgan fingerprint density at radius 2 is 1.50 bits per heavy atom. The zero-order valence-corrected chi connectivity index (χ0v) is 26.5. The van der Waals surface area contributed by atoms with Gasteiger partial charge in [-0.3, -0.25) is 4.57 Å². The van der Waals surface area contributed by atoms with Crippen molar-refractivity contribution in [3.8, 4) is 5.75 Å². The van der Waals surface area contributed by atoms with Crippen molar-refractivity contribution in [1.29, 1.82) is 0 Å². The molecule has 2 aromatic rings. The van der Waals surface area contributed by atoms with Crippen molar-refractivity contribution in [3.05, 3.63) is 46.9 Å². The molecule has 2 unspecified atom stereocenters. The Balaban J connectivity index is 1.54. The van der Waals surface area contributed by atoms with Crippen LogP contribution >= 0.6 is 19.2 Å². The van der Waals surface area contributed by atoms with Gasteiger partial charge in [0.1, 0.15) is 11.9 Å². The second-order valence-corrected chi connectivity index (χ2v) is 12.5. The lowest BCUT2D eigenvalue weighted by Gasteiger charge is -2.26. The van der Waals surface area contributed by atoms with E-state index in [0.29, 0.717) is 19.8 Å². The summed E-state index contributed by atoms with van der Waals surface area (Å²) in [6.45, 7) is 5.87. The maximum Gasteiger partial charge on any atom is 0.319 e. The van der Waals surface area contributed by atoms with E-state index in [2.05, 4.69) is 6.92 Å². The van der Waals surface area contributed by atoms with Crippen molar-refractivity contribution in [2.45, 2.75) is 116 Å². The van der Waals surface area contributed by atoms with Crippen molar-refractivity contribution in [1.82, 2.24) is 0 Å². The molecule has 40 heavy (non-hydrogen) atoms. The molecule has 0 spiro atoms. The normalized spacial score (nSPS) is 13.8. The Hall–Kier alpha value is -1.28. The number of hydrogen-bond donors (Lipinski definition) is 0. The Bertz CT molecular complexity index is 913. The average Bonchev–Trinajstić information content (AvgIpc) is 3.45. The fraction of sp³-hybridized carbons (Fsp3) is 0.710. The number of thiazole rings is 1. The van der Waals surface area contributed by atoms with Gasteiger partial charge in [0, 0.05) is 13.2 Å². The summed E-state index contributed by atoms with van der Waals surface area (Å²) in [4.78, 5) is 12.6. The molecule has 9 heteroatoms. The smallest absolute Gasteiger partial charge is 0.319 e. The molecule has 1 aromatic carbocycles. The summed E-state index contributed by atoms with van der Waals surface area (Å²) in [5, 5.41) is 1.96. The third-order valence-electron chi connectivity index (χ3n) is 6.83. The lowest BCUT2D eigenvalue weighted by molar-refractivity contribution is -0.683. The Morgan fingerprint density at radius 3 is 2.10 bits per heavy atom. The molecule has 0 bridgehead atoms. The minimum absolute atomic E-state index is 0.144. The molecule has 7 nitrogen and oxygen atoms in total. The number of unbranched alkanes of at least 4 members (excludes halogenated alkanes) is 13. The van der Waals surface area contributed by atoms with Gasteiger partial charge >= 0.3 is 7.82 Å². The highest BCUT2D eigenvalue weighted by atomic mass is 32.1. The van der Waals surface area contributed by atoms with Gasteiger partial charge in [-0.2, -0.15) is 4.57 Å². The average molecular weight is 598 g/mol. The standard InChI is InChI=1S/C31H52NO6PS/c1-3-5-6-7-8-9-10-11-12-13-14-15-16-19-23-35-26-30(36-4-2)27-37-39(33,34)38-31-21-18-17-20-29(31)25-32-22-24-40-28-32/h17-18,20-22,24,28,30H,3-16,19,23,25-27H2,1-2H3. The van der Waals surface area contributed by atoms with Crippen molar-refractivity contribution >= 4 is 19.2 Å². The number of phosphoric ester groups is 1. The predicted molar refractivity (Wildman–Crippen MR) is 161 cm³/mol. The van der Waals surface area contributed by atoms with Gasteiger partial charge in [-0.1, -0.05) is 114 Å². The van der Waals surface area contributed by atoms with Crippen LogP contribution in [0.25, 0.3) is 0 Å². The number of nitrogens with zero attached hydrogens (tertiary/aromatic N) is 1. The largest absolute Gasteiger partial charge is 0.746 e. The SMILES string of the molecule is CCCCCCCCCCCCCCCCOCC(COP(=O)([O-])Oc1ccccc1C[n+]1ccsc1)OCC. The summed E-state index contributed by atoms with van der Waals surface area (Å²) in [6, 6.07) is 7.07. The van der Waals surface area contributed by atoms with Gasteiger partial charge in [-0.25, -0.2) is 0 Å². The van der Waals surface area contributed by atoms with E-state index in [1.54, 1.807) is 23.5 Å². The first kappa shape index (κ1) is 34.9. The van der Waals surface area contributed by atoms with E-state index in [9.17, 15) is 9.46 Å². The van der Waals surface area contributed by atoms with E-state index in [-0.39, 0.29) is 19.0 Å².